The van der Waals surface area contributed by atoms with Crippen LogP contribution in [0.15, 0.2) is 41.5 Å². The number of pyridine rings is 2. The molecule has 3 heterocycles. The van der Waals surface area contributed by atoms with Crippen molar-refractivity contribution in [2.45, 2.75) is 5.92 Å². The highest BCUT2D eigenvalue weighted by Crippen LogP contribution is 2.20. The van der Waals surface area contributed by atoms with E-state index in [4.69, 9.17) is 17.0 Å². The molecule has 0 spiro atoms. The maximum absolute atomic E-state index is 7.51. The van der Waals surface area contributed by atoms with Gasteiger partial charge in [-0.25, -0.2) is 4.98 Å². The molecule has 0 aromatic carbocycles. The van der Waals surface area contributed by atoms with Crippen LogP contribution in [-0.2, 0) is 0 Å². The van der Waals surface area contributed by atoms with Crippen LogP contribution in [0.3, 0.4) is 0 Å². The number of hydrogen-bond acceptors (Lipinski definition) is 7. The SMILES string of the molecule is CN=CC(C=N)c1cnc2ccc(Nc3ccc(Cl)nn3)nc2c1. The quantitative estimate of drug-likeness (QED) is 0.695. The molecule has 0 fully saturated rings. The summed E-state index contributed by atoms with van der Waals surface area (Å²) in [5.74, 6) is 0.951. The van der Waals surface area contributed by atoms with Gasteiger partial charge >= 0.3 is 0 Å². The van der Waals surface area contributed by atoms with E-state index in [0.717, 1.165) is 16.6 Å². The lowest BCUT2D eigenvalue weighted by molar-refractivity contribution is 1.03. The Labute approximate surface area is 143 Å². The van der Waals surface area contributed by atoms with Crippen molar-refractivity contribution in [1.82, 2.24) is 20.2 Å². The molecule has 0 aliphatic carbocycles. The van der Waals surface area contributed by atoms with Gasteiger partial charge in [-0.2, -0.15) is 0 Å². The average Bonchev–Trinajstić information content (AvgIpc) is 2.61. The minimum atomic E-state index is -0.215. The summed E-state index contributed by atoms with van der Waals surface area (Å²) < 4.78 is 0. The van der Waals surface area contributed by atoms with Crippen LogP contribution in [0.4, 0.5) is 11.6 Å². The fourth-order valence-corrected chi connectivity index (χ4v) is 2.27. The number of hydrogen-bond donors (Lipinski definition) is 2. The first-order valence-electron chi connectivity index (χ1n) is 7.15. The summed E-state index contributed by atoms with van der Waals surface area (Å²) in [4.78, 5) is 12.9. The Balaban J connectivity index is 1.93. The number of aliphatic imine (C=N–C) groups is 1. The van der Waals surface area contributed by atoms with Crippen LogP contribution >= 0.6 is 11.6 Å². The maximum atomic E-state index is 7.51. The molecule has 7 nitrogen and oxygen atoms in total. The second-order valence-electron chi connectivity index (χ2n) is 4.97. The van der Waals surface area contributed by atoms with Gasteiger partial charge < -0.3 is 10.7 Å². The monoisotopic (exact) mass is 339 g/mol. The van der Waals surface area contributed by atoms with E-state index < -0.39 is 0 Å². The number of aromatic nitrogens is 4. The summed E-state index contributed by atoms with van der Waals surface area (Å²) in [6.45, 7) is 0. The van der Waals surface area contributed by atoms with Crippen molar-refractivity contribution in [2.75, 3.05) is 12.4 Å². The van der Waals surface area contributed by atoms with E-state index in [-0.39, 0.29) is 5.92 Å². The van der Waals surface area contributed by atoms with Crippen molar-refractivity contribution < 1.29 is 0 Å². The van der Waals surface area contributed by atoms with Gasteiger partial charge in [0.05, 0.1) is 17.0 Å². The van der Waals surface area contributed by atoms with Crippen LogP contribution in [0.25, 0.3) is 11.0 Å². The first-order chi connectivity index (χ1) is 11.7. The highest BCUT2D eigenvalue weighted by Gasteiger charge is 2.09. The zero-order valence-corrected chi connectivity index (χ0v) is 13.6. The molecule has 0 amide bonds. The Kier molecular flexibility index (Phi) is 4.72. The minimum absolute atomic E-state index is 0.215. The summed E-state index contributed by atoms with van der Waals surface area (Å²) in [6, 6.07) is 8.95. The van der Waals surface area contributed by atoms with Gasteiger partial charge in [0.25, 0.3) is 0 Å². The van der Waals surface area contributed by atoms with Gasteiger partial charge in [0.2, 0.25) is 0 Å². The molecule has 24 heavy (non-hydrogen) atoms. The number of nitrogens with one attached hydrogen (secondary N) is 2. The number of halogens is 1. The molecule has 120 valence electrons. The van der Waals surface area contributed by atoms with Gasteiger partial charge in [-0.15, -0.1) is 10.2 Å². The topological polar surface area (TPSA) is 99.8 Å². The fraction of sp³-hybridized carbons (Fsp3) is 0.125. The van der Waals surface area contributed by atoms with E-state index >= 15 is 0 Å². The second-order valence-corrected chi connectivity index (χ2v) is 5.36. The van der Waals surface area contributed by atoms with E-state index in [2.05, 4.69) is 30.5 Å². The van der Waals surface area contributed by atoms with Crippen molar-refractivity contribution in [1.29, 1.82) is 5.41 Å². The molecule has 0 bridgehead atoms. The van der Waals surface area contributed by atoms with Crippen LogP contribution in [-0.4, -0.2) is 39.6 Å². The van der Waals surface area contributed by atoms with Gasteiger partial charge in [0.15, 0.2) is 11.0 Å². The molecule has 0 aliphatic rings. The van der Waals surface area contributed by atoms with Crippen LogP contribution in [0, 0.1) is 5.41 Å². The van der Waals surface area contributed by atoms with E-state index in [1.807, 2.05) is 18.2 Å². The Hall–Kier alpha value is -2.93. The summed E-state index contributed by atoms with van der Waals surface area (Å²) >= 11 is 5.73. The smallest absolute Gasteiger partial charge is 0.154 e. The normalized spacial score (nSPS) is 12.4. The lowest BCUT2D eigenvalue weighted by atomic mass is 10.0. The zero-order valence-electron chi connectivity index (χ0n) is 12.8. The molecule has 0 radical (unpaired) electrons. The van der Waals surface area contributed by atoms with Crippen LogP contribution in [0.1, 0.15) is 11.5 Å². The predicted molar refractivity (Wildman–Crippen MR) is 95.8 cm³/mol. The largest absolute Gasteiger partial charge is 0.323 e. The molecule has 3 aromatic rings. The standard InChI is InChI=1S/C16H14ClN7/c1-19-8-11(7-18)10-6-13-12(20-9-10)2-4-15(21-13)22-16-5-3-14(17)23-24-16/h2-9,11,18H,1H3,(H,21,22,24). The molecular weight excluding hydrogens is 326 g/mol. The zero-order chi connectivity index (χ0) is 16.9. The van der Waals surface area contributed by atoms with Gasteiger partial charge in [-0.1, -0.05) is 11.6 Å². The van der Waals surface area contributed by atoms with E-state index in [1.54, 1.807) is 31.6 Å². The van der Waals surface area contributed by atoms with E-state index in [0.29, 0.717) is 16.8 Å². The Morgan fingerprint density at radius 3 is 2.71 bits per heavy atom. The molecule has 0 saturated heterocycles. The van der Waals surface area contributed by atoms with E-state index in [9.17, 15) is 0 Å². The summed E-state index contributed by atoms with van der Waals surface area (Å²) in [6.07, 6.45) is 4.75. The van der Waals surface area contributed by atoms with Crippen LogP contribution in [0.5, 0.6) is 0 Å². The highest BCUT2D eigenvalue weighted by atomic mass is 35.5. The van der Waals surface area contributed by atoms with Gasteiger partial charge in [-0.05, 0) is 35.9 Å². The molecule has 2 N–H and O–H groups in total. The Morgan fingerprint density at radius 1 is 1.17 bits per heavy atom. The lowest BCUT2D eigenvalue weighted by Crippen LogP contribution is -2.03. The molecule has 1 atom stereocenters. The molecule has 3 aromatic heterocycles. The Morgan fingerprint density at radius 2 is 2.00 bits per heavy atom. The second kappa shape index (κ2) is 7.10. The number of fused-ring (bicyclic) bond motifs is 1. The van der Waals surface area contributed by atoms with Crippen molar-refractivity contribution >= 4 is 46.7 Å². The minimum Gasteiger partial charge on any atom is -0.323 e. The van der Waals surface area contributed by atoms with Crippen molar-refractivity contribution in [3.63, 3.8) is 0 Å². The fourth-order valence-electron chi connectivity index (χ4n) is 2.17. The first kappa shape index (κ1) is 15.9. The summed E-state index contributed by atoms with van der Waals surface area (Å²) in [7, 11) is 1.68. The third kappa shape index (κ3) is 3.52. The van der Waals surface area contributed by atoms with Crippen molar-refractivity contribution in [3.8, 4) is 0 Å². The molecule has 0 aliphatic heterocycles. The molecule has 3 rings (SSSR count). The van der Waals surface area contributed by atoms with Gasteiger partial charge in [0.1, 0.15) is 5.82 Å². The summed E-state index contributed by atoms with van der Waals surface area (Å²) in [5.41, 5.74) is 2.35. The summed E-state index contributed by atoms with van der Waals surface area (Å²) in [5, 5.41) is 18.6. The maximum Gasteiger partial charge on any atom is 0.154 e. The van der Waals surface area contributed by atoms with Crippen molar-refractivity contribution in [3.05, 3.63) is 47.2 Å². The van der Waals surface area contributed by atoms with Gasteiger partial charge in [0, 0.05) is 25.7 Å². The van der Waals surface area contributed by atoms with E-state index in [1.165, 1.54) is 6.21 Å². The molecule has 0 saturated carbocycles. The lowest BCUT2D eigenvalue weighted by Gasteiger charge is -2.08. The average molecular weight is 340 g/mol. The third-order valence-corrected chi connectivity index (χ3v) is 3.52. The van der Waals surface area contributed by atoms with Gasteiger partial charge in [-0.3, -0.25) is 9.98 Å². The van der Waals surface area contributed by atoms with Crippen molar-refractivity contribution in [2.24, 2.45) is 4.99 Å². The molecular formula is C16H14ClN7. The van der Waals surface area contributed by atoms with Crippen LogP contribution < -0.4 is 5.32 Å². The number of nitrogens with zero attached hydrogens (tertiary/aromatic N) is 5. The predicted octanol–water partition coefficient (Wildman–Crippen LogP) is 3.25. The first-order valence-corrected chi connectivity index (χ1v) is 7.53. The highest BCUT2D eigenvalue weighted by molar-refractivity contribution is 6.29. The molecule has 8 heteroatoms. The number of rotatable bonds is 5. The van der Waals surface area contributed by atoms with Crippen LogP contribution in [0.2, 0.25) is 5.15 Å². The Bertz CT molecular complexity index is 893. The molecule has 1 unspecified atom stereocenters. The third-order valence-electron chi connectivity index (χ3n) is 3.32. The number of anilines is 2.